The van der Waals surface area contributed by atoms with Crippen LogP contribution in [-0.2, 0) is 22.9 Å². The van der Waals surface area contributed by atoms with Crippen molar-refractivity contribution in [1.29, 1.82) is 0 Å². The van der Waals surface area contributed by atoms with Crippen molar-refractivity contribution >= 4 is 37.6 Å². The van der Waals surface area contributed by atoms with Crippen molar-refractivity contribution < 1.29 is 8.42 Å². The highest BCUT2D eigenvalue weighted by molar-refractivity contribution is 7.92. The number of benzene rings is 1. The van der Waals surface area contributed by atoms with E-state index in [1.807, 2.05) is 25.3 Å². The number of anilines is 1. The van der Waals surface area contributed by atoms with E-state index in [1.54, 1.807) is 0 Å². The second-order valence-corrected chi connectivity index (χ2v) is 9.11. The Labute approximate surface area is 161 Å². The normalized spacial score (nSPS) is 14.5. The minimum absolute atomic E-state index is 0.324. The first-order valence-corrected chi connectivity index (χ1v) is 11.1. The number of H-pyrrole nitrogens is 2. The van der Waals surface area contributed by atoms with Gasteiger partial charge in [-0.25, -0.2) is 13.4 Å². The summed E-state index contributed by atoms with van der Waals surface area (Å²) in [5, 5.41) is 16.1. The molecule has 0 amide bonds. The third-order valence-corrected chi connectivity index (χ3v) is 5.93. The van der Waals surface area contributed by atoms with Crippen LogP contribution in [0.4, 0.5) is 5.82 Å². The van der Waals surface area contributed by atoms with Crippen molar-refractivity contribution in [3.05, 3.63) is 35.2 Å². The highest BCUT2D eigenvalue weighted by Gasteiger charge is 2.24. The average molecular weight is 396 g/mol. The van der Waals surface area contributed by atoms with Crippen LogP contribution in [0.25, 0.3) is 33.1 Å². The number of aromatic amines is 2. The molecule has 1 aliphatic carbocycles. The number of fused-ring (bicyclic) bond motifs is 5. The molecule has 0 atom stereocenters. The van der Waals surface area contributed by atoms with Crippen molar-refractivity contribution in [2.75, 3.05) is 11.0 Å². The largest absolute Gasteiger partial charge is 0.282 e. The van der Waals surface area contributed by atoms with E-state index in [4.69, 9.17) is 4.98 Å². The van der Waals surface area contributed by atoms with Crippen LogP contribution in [0.3, 0.4) is 0 Å². The zero-order chi connectivity index (χ0) is 19.5. The van der Waals surface area contributed by atoms with Crippen molar-refractivity contribution in [3.8, 4) is 11.3 Å². The molecule has 8 nitrogen and oxygen atoms in total. The molecule has 0 saturated heterocycles. The fourth-order valence-corrected chi connectivity index (χ4v) is 4.69. The van der Waals surface area contributed by atoms with Crippen LogP contribution in [0.2, 0.25) is 0 Å². The van der Waals surface area contributed by atoms with Gasteiger partial charge in [-0.2, -0.15) is 10.2 Å². The number of pyridine rings is 1. The number of sulfonamides is 1. The third kappa shape index (κ3) is 2.65. The predicted molar refractivity (Wildman–Crippen MR) is 109 cm³/mol. The van der Waals surface area contributed by atoms with Gasteiger partial charge >= 0.3 is 0 Å². The molecule has 0 fully saturated rings. The number of hydrogen-bond donors (Lipinski definition) is 3. The van der Waals surface area contributed by atoms with E-state index in [0.29, 0.717) is 5.82 Å². The van der Waals surface area contributed by atoms with Gasteiger partial charge in [-0.1, -0.05) is 0 Å². The van der Waals surface area contributed by atoms with Gasteiger partial charge in [0.2, 0.25) is 10.0 Å². The van der Waals surface area contributed by atoms with E-state index in [1.165, 1.54) is 11.1 Å². The molecule has 1 aromatic carbocycles. The number of aromatic nitrogens is 5. The minimum atomic E-state index is -3.44. The molecule has 3 heterocycles. The summed E-state index contributed by atoms with van der Waals surface area (Å²) in [5.74, 6) is 0.324. The molecule has 3 aromatic heterocycles. The van der Waals surface area contributed by atoms with Crippen LogP contribution in [0.5, 0.6) is 0 Å². The fraction of sp³-hybridized carbons (Fsp3) is 0.316. The first-order valence-electron chi connectivity index (χ1n) is 9.23. The first-order chi connectivity index (χ1) is 13.4. The van der Waals surface area contributed by atoms with Crippen molar-refractivity contribution in [1.82, 2.24) is 25.4 Å². The zero-order valence-corrected chi connectivity index (χ0v) is 16.4. The number of nitrogens with zero attached hydrogens (tertiary/aromatic N) is 3. The number of rotatable bonds is 3. The Morgan fingerprint density at radius 1 is 1.07 bits per heavy atom. The summed E-state index contributed by atoms with van der Waals surface area (Å²) in [6, 6.07) is 3.86. The predicted octanol–water partition coefficient (Wildman–Crippen LogP) is 3.06. The van der Waals surface area contributed by atoms with Crippen molar-refractivity contribution in [2.24, 2.45) is 0 Å². The van der Waals surface area contributed by atoms with Gasteiger partial charge in [0, 0.05) is 16.6 Å². The molecule has 3 N–H and O–H groups in total. The summed E-state index contributed by atoms with van der Waals surface area (Å²) >= 11 is 0. The van der Waals surface area contributed by atoms with Gasteiger partial charge in [-0.3, -0.25) is 14.9 Å². The zero-order valence-electron chi connectivity index (χ0n) is 15.6. The Morgan fingerprint density at radius 3 is 2.57 bits per heavy atom. The Balaban J connectivity index is 1.89. The molecule has 1 aliphatic rings. The molecule has 4 aromatic rings. The summed E-state index contributed by atoms with van der Waals surface area (Å²) in [5.41, 5.74) is 7.05. The van der Waals surface area contributed by atoms with Gasteiger partial charge in [0.05, 0.1) is 34.6 Å². The third-order valence-electron chi connectivity index (χ3n) is 5.36. The Hall–Kier alpha value is -2.94. The molecule has 0 bridgehead atoms. The van der Waals surface area contributed by atoms with Gasteiger partial charge in [0.15, 0.2) is 5.82 Å². The summed E-state index contributed by atoms with van der Waals surface area (Å²) in [4.78, 5) is 4.98. The lowest BCUT2D eigenvalue weighted by atomic mass is 9.85. The van der Waals surface area contributed by atoms with Crippen LogP contribution in [0, 0.1) is 6.92 Å². The van der Waals surface area contributed by atoms with E-state index in [9.17, 15) is 8.42 Å². The Kier molecular flexibility index (Phi) is 3.70. The molecular weight excluding hydrogens is 376 g/mol. The second-order valence-electron chi connectivity index (χ2n) is 7.36. The van der Waals surface area contributed by atoms with Crippen LogP contribution in [-0.4, -0.2) is 40.1 Å². The monoisotopic (exact) mass is 396 g/mol. The summed E-state index contributed by atoms with van der Waals surface area (Å²) in [7, 11) is -3.44. The van der Waals surface area contributed by atoms with Crippen LogP contribution >= 0.6 is 0 Å². The fourth-order valence-electron chi connectivity index (χ4n) is 4.19. The van der Waals surface area contributed by atoms with Crippen LogP contribution in [0.1, 0.15) is 29.7 Å². The topological polar surface area (TPSA) is 116 Å². The maximum absolute atomic E-state index is 11.8. The van der Waals surface area contributed by atoms with Crippen molar-refractivity contribution in [3.63, 3.8) is 0 Å². The van der Waals surface area contributed by atoms with E-state index >= 15 is 0 Å². The SMILES string of the molecule is Cc1[nH]ncc1-c1nc2ccc3[nH]nc(NS(C)(=O)=O)c3c2c2c1CCCC2. The molecular formula is C19H20N6O2S. The minimum Gasteiger partial charge on any atom is -0.282 e. The maximum atomic E-state index is 11.8. The number of nitrogens with one attached hydrogen (secondary N) is 3. The molecule has 0 aliphatic heterocycles. The van der Waals surface area contributed by atoms with E-state index in [-0.39, 0.29) is 0 Å². The van der Waals surface area contributed by atoms with Gasteiger partial charge in [-0.15, -0.1) is 0 Å². The van der Waals surface area contributed by atoms with Crippen molar-refractivity contribution in [2.45, 2.75) is 32.6 Å². The summed E-state index contributed by atoms with van der Waals surface area (Å²) < 4.78 is 26.2. The maximum Gasteiger partial charge on any atom is 0.231 e. The van der Waals surface area contributed by atoms with Gasteiger partial charge < -0.3 is 0 Å². The Bertz CT molecular complexity index is 1340. The lowest BCUT2D eigenvalue weighted by Crippen LogP contribution is -2.11. The van der Waals surface area contributed by atoms with E-state index in [2.05, 4.69) is 25.1 Å². The lowest BCUT2D eigenvalue weighted by Gasteiger charge is -2.21. The lowest BCUT2D eigenvalue weighted by molar-refractivity contribution is 0.606. The summed E-state index contributed by atoms with van der Waals surface area (Å²) in [6.07, 6.45) is 7.04. The molecule has 0 radical (unpaired) electrons. The van der Waals surface area contributed by atoms with Gasteiger partial charge in [0.25, 0.3) is 0 Å². The molecule has 0 saturated carbocycles. The number of aryl methyl sites for hydroxylation is 2. The molecule has 0 spiro atoms. The second kappa shape index (κ2) is 6.03. The van der Waals surface area contributed by atoms with Gasteiger partial charge in [-0.05, 0) is 55.9 Å². The van der Waals surface area contributed by atoms with E-state index in [0.717, 1.165) is 70.7 Å². The molecule has 144 valence electrons. The molecule has 9 heteroatoms. The highest BCUT2D eigenvalue weighted by atomic mass is 32.2. The Morgan fingerprint density at radius 2 is 1.86 bits per heavy atom. The first kappa shape index (κ1) is 17.2. The standard InChI is InChI=1S/C19H20N6O2S/c1-10-13(9-20-22-10)18-12-6-4-3-5-11(12)16-14(21-18)7-8-15-17(16)19(24-23-15)25-28(2,26)27/h7-9H,3-6H2,1-2H3,(H,20,22)(H2,23,24,25). The average Bonchev–Trinajstić information content (AvgIpc) is 3.26. The molecule has 0 unspecified atom stereocenters. The van der Waals surface area contributed by atoms with Crippen LogP contribution < -0.4 is 4.72 Å². The van der Waals surface area contributed by atoms with E-state index < -0.39 is 10.0 Å². The summed E-state index contributed by atoms with van der Waals surface area (Å²) in [6.45, 7) is 2.00. The number of hydrogen-bond acceptors (Lipinski definition) is 5. The van der Waals surface area contributed by atoms with Crippen LogP contribution in [0.15, 0.2) is 18.3 Å². The molecule has 5 rings (SSSR count). The molecule has 28 heavy (non-hydrogen) atoms. The van der Waals surface area contributed by atoms with Gasteiger partial charge in [0.1, 0.15) is 0 Å². The highest BCUT2D eigenvalue weighted by Crippen LogP contribution is 2.40. The smallest absolute Gasteiger partial charge is 0.231 e. The quantitative estimate of drug-likeness (QED) is 0.492.